The van der Waals surface area contributed by atoms with E-state index in [2.05, 4.69) is 5.32 Å². The van der Waals surface area contributed by atoms with E-state index in [1.165, 1.54) is 0 Å². The number of hydrogen-bond acceptors (Lipinski definition) is 4. The summed E-state index contributed by atoms with van der Waals surface area (Å²) in [5.41, 5.74) is -1.29. The van der Waals surface area contributed by atoms with Crippen LogP contribution in [-0.4, -0.2) is 42.3 Å². The summed E-state index contributed by atoms with van der Waals surface area (Å²) in [4.78, 5) is 23.0. The number of amides is 1. The van der Waals surface area contributed by atoms with E-state index >= 15 is 0 Å². The van der Waals surface area contributed by atoms with Crippen molar-refractivity contribution in [1.82, 2.24) is 5.32 Å². The molecule has 0 saturated carbocycles. The predicted octanol–water partition coefficient (Wildman–Crippen LogP) is 0.815. The molecule has 6 nitrogen and oxygen atoms in total. The minimum atomic E-state index is -1.29. The van der Waals surface area contributed by atoms with Gasteiger partial charge >= 0.3 is 5.97 Å². The highest BCUT2D eigenvalue weighted by atomic mass is 16.5. The monoisotopic (exact) mass is 279 g/mol. The molecule has 1 atom stereocenters. The van der Waals surface area contributed by atoms with Gasteiger partial charge in [0.25, 0.3) is 0 Å². The number of carboxylic acids is 1. The third-order valence-corrected chi connectivity index (χ3v) is 3.15. The Morgan fingerprint density at radius 2 is 2.10 bits per heavy atom. The molecule has 1 aliphatic rings. The predicted molar refractivity (Wildman–Crippen MR) is 70.5 cm³/mol. The molecule has 0 radical (unpaired) electrons. The number of nitrogens with one attached hydrogen (secondary N) is 1. The molecule has 1 heterocycles. The van der Waals surface area contributed by atoms with Crippen LogP contribution in [0.3, 0.4) is 0 Å². The van der Waals surface area contributed by atoms with Gasteiger partial charge in [-0.1, -0.05) is 18.2 Å². The lowest BCUT2D eigenvalue weighted by molar-refractivity contribution is -0.147. The molecular weight excluding hydrogens is 262 g/mol. The number of carbonyl (C=O) groups is 2. The van der Waals surface area contributed by atoms with Crippen LogP contribution in [0, 0.1) is 0 Å². The van der Waals surface area contributed by atoms with Gasteiger partial charge in [-0.25, -0.2) is 4.79 Å². The smallest absolute Gasteiger partial charge is 0.331 e. The van der Waals surface area contributed by atoms with Crippen LogP contribution in [0.1, 0.15) is 12.8 Å². The van der Waals surface area contributed by atoms with E-state index < -0.39 is 11.5 Å². The van der Waals surface area contributed by atoms with Crippen molar-refractivity contribution in [2.24, 2.45) is 0 Å². The molecular formula is C14H17NO5. The second-order valence-corrected chi connectivity index (χ2v) is 4.65. The molecule has 0 bridgehead atoms. The van der Waals surface area contributed by atoms with E-state index in [1.54, 1.807) is 12.1 Å². The zero-order chi connectivity index (χ0) is 14.4. The summed E-state index contributed by atoms with van der Waals surface area (Å²) in [7, 11) is 0. The molecule has 0 spiro atoms. The molecule has 1 aromatic carbocycles. The minimum absolute atomic E-state index is 0.00756. The van der Waals surface area contributed by atoms with Gasteiger partial charge in [-0.3, -0.25) is 4.79 Å². The molecule has 2 N–H and O–H groups in total. The van der Waals surface area contributed by atoms with Gasteiger partial charge in [-0.05, 0) is 12.1 Å². The molecule has 108 valence electrons. The zero-order valence-corrected chi connectivity index (χ0v) is 11.0. The SMILES string of the molecule is O=C(CCOc1ccccc1)NC1(C(=O)O)CCOC1. The van der Waals surface area contributed by atoms with Gasteiger partial charge in [0.1, 0.15) is 5.75 Å². The van der Waals surface area contributed by atoms with Crippen LogP contribution >= 0.6 is 0 Å². The topological polar surface area (TPSA) is 84.9 Å². The standard InChI is InChI=1S/C14H17NO5/c16-12(6-8-20-11-4-2-1-3-5-11)15-14(13(17)18)7-9-19-10-14/h1-5H,6-10H2,(H,15,16)(H,17,18). The van der Waals surface area contributed by atoms with Crippen molar-refractivity contribution in [2.45, 2.75) is 18.4 Å². The van der Waals surface area contributed by atoms with Crippen LogP contribution in [-0.2, 0) is 14.3 Å². The number of benzene rings is 1. The highest BCUT2D eigenvalue weighted by molar-refractivity contribution is 5.87. The average molecular weight is 279 g/mol. The Morgan fingerprint density at radius 1 is 1.35 bits per heavy atom. The van der Waals surface area contributed by atoms with Gasteiger partial charge < -0.3 is 19.9 Å². The maximum Gasteiger partial charge on any atom is 0.331 e. The van der Waals surface area contributed by atoms with Crippen molar-refractivity contribution in [1.29, 1.82) is 0 Å². The van der Waals surface area contributed by atoms with E-state index in [-0.39, 0.29) is 32.0 Å². The fourth-order valence-corrected chi connectivity index (χ4v) is 1.99. The van der Waals surface area contributed by atoms with E-state index in [0.29, 0.717) is 12.4 Å². The Labute approximate surface area is 116 Å². The maximum absolute atomic E-state index is 11.8. The Hall–Kier alpha value is -2.08. The molecule has 1 aliphatic heterocycles. The first kappa shape index (κ1) is 14.3. The van der Waals surface area contributed by atoms with Crippen molar-refractivity contribution in [3.05, 3.63) is 30.3 Å². The third-order valence-electron chi connectivity index (χ3n) is 3.15. The van der Waals surface area contributed by atoms with E-state index in [4.69, 9.17) is 9.47 Å². The number of aliphatic carboxylic acids is 1. The van der Waals surface area contributed by atoms with Gasteiger partial charge in [0.2, 0.25) is 5.91 Å². The zero-order valence-electron chi connectivity index (χ0n) is 11.0. The van der Waals surface area contributed by atoms with Gasteiger partial charge in [-0.2, -0.15) is 0 Å². The van der Waals surface area contributed by atoms with Crippen molar-refractivity contribution >= 4 is 11.9 Å². The number of rotatable bonds is 6. The van der Waals surface area contributed by atoms with Gasteiger partial charge in [-0.15, -0.1) is 0 Å². The first-order valence-corrected chi connectivity index (χ1v) is 6.42. The maximum atomic E-state index is 11.8. The quantitative estimate of drug-likeness (QED) is 0.805. The van der Waals surface area contributed by atoms with Crippen LogP contribution < -0.4 is 10.1 Å². The second kappa shape index (κ2) is 6.38. The fourth-order valence-electron chi connectivity index (χ4n) is 1.99. The highest BCUT2D eigenvalue weighted by Crippen LogP contribution is 2.19. The third kappa shape index (κ3) is 3.48. The minimum Gasteiger partial charge on any atom is -0.493 e. The fraction of sp³-hybridized carbons (Fsp3) is 0.429. The number of carboxylic acid groups (broad SMARTS) is 1. The first-order valence-electron chi connectivity index (χ1n) is 6.42. The molecule has 1 aromatic rings. The molecule has 0 aliphatic carbocycles. The second-order valence-electron chi connectivity index (χ2n) is 4.65. The van der Waals surface area contributed by atoms with E-state index in [9.17, 15) is 14.7 Å². The summed E-state index contributed by atoms with van der Waals surface area (Å²) >= 11 is 0. The average Bonchev–Trinajstić information content (AvgIpc) is 2.90. The largest absolute Gasteiger partial charge is 0.493 e. The van der Waals surface area contributed by atoms with E-state index in [1.807, 2.05) is 18.2 Å². The lowest BCUT2D eigenvalue weighted by Gasteiger charge is -2.23. The van der Waals surface area contributed by atoms with Crippen molar-refractivity contribution in [2.75, 3.05) is 19.8 Å². The number of para-hydroxylation sites is 1. The molecule has 6 heteroatoms. The first-order chi connectivity index (χ1) is 9.62. The summed E-state index contributed by atoms with van der Waals surface area (Å²) in [6.07, 6.45) is 0.386. The number of carbonyl (C=O) groups excluding carboxylic acids is 1. The lowest BCUT2D eigenvalue weighted by Crippen LogP contribution is -2.55. The van der Waals surface area contributed by atoms with Crippen LogP contribution in [0.5, 0.6) is 5.75 Å². The molecule has 1 saturated heterocycles. The highest BCUT2D eigenvalue weighted by Gasteiger charge is 2.43. The molecule has 20 heavy (non-hydrogen) atoms. The Kier molecular flexibility index (Phi) is 4.57. The van der Waals surface area contributed by atoms with Crippen LogP contribution in [0.25, 0.3) is 0 Å². The van der Waals surface area contributed by atoms with Gasteiger partial charge in [0.05, 0.1) is 19.6 Å². The Balaban J connectivity index is 1.79. The van der Waals surface area contributed by atoms with E-state index in [0.717, 1.165) is 0 Å². The summed E-state index contributed by atoms with van der Waals surface area (Å²) in [6.45, 7) is 0.549. The van der Waals surface area contributed by atoms with Crippen LogP contribution in [0.2, 0.25) is 0 Å². The summed E-state index contributed by atoms with van der Waals surface area (Å²) in [6, 6.07) is 9.13. The summed E-state index contributed by atoms with van der Waals surface area (Å²) in [5.74, 6) is -0.737. The van der Waals surface area contributed by atoms with Crippen molar-refractivity contribution in [3.63, 3.8) is 0 Å². The van der Waals surface area contributed by atoms with Crippen molar-refractivity contribution < 1.29 is 24.2 Å². The molecule has 2 rings (SSSR count). The summed E-state index contributed by atoms with van der Waals surface area (Å²) < 4.78 is 10.5. The van der Waals surface area contributed by atoms with Crippen LogP contribution in [0.15, 0.2) is 30.3 Å². The van der Waals surface area contributed by atoms with Crippen molar-refractivity contribution in [3.8, 4) is 5.75 Å². The summed E-state index contributed by atoms with van der Waals surface area (Å²) in [5, 5.41) is 11.7. The van der Waals surface area contributed by atoms with Crippen LogP contribution in [0.4, 0.5) is 0 Å². The normalized spacial score (nSPS) is 21.4. The van der Waals surface area contributed by atoms with Gasteiger partial charge in [0, 0.05) is 13.0 Å². The number of ether oxygens (including phenoxy) is 2. The number of hydrogen-bond donors (Lipinski definition) is 2. The molecule has 1 unspecified atom stereocenters. The molecule has 1 fully saturated rings. The molecule has 0 aromatic heterocycles. The Bertz CT molecular complexity index is 468. The van der Waals surface area contributed by atoms with Gasteiger partial charge in [0.15, 0.2) is 5.54 Å². The molecule has 1 amide bonds. The Morgan fingerprint density at radius 3 is 2.70 bits per heavy atom. The lowest BCUT2D eigenvalue weighted by atomic mass is 9.99.